The first-order valence-electron chi connectivity index (χ1n) is 9.61. The molecule has 0 N–H and O–H groups in total. The SMILES string of the molecule is COc1cc(CCCN2CCN(C)CC2)ccc1OC(=O)c1ccc(Br)cc1. The Morgan fingerprint density at radius 3 is 2.43 bits per heavy atom. The third kappa shape index (κ3) is 5.80. The van der Waals surface area contributed by atoms with Crippen LogP contribution in [-0.4, -0.2) is 62.7 Å². The van der Waals surface area contributed by atoms with Crippen molar-refractivity contribution in [1.29, 1.82) is 0 Å². The number of carbonyl (C=O) groups is 1. The minimum absolute atomic E-state index is 0.395. The summed E-state index contributed by atoms with van der Waals surface area (Å²) in [5.41, 5.74) is 1.69. The van der Waals surface area contributed by atoms with Crippen LogP contribution in [0, 0.1) is 0 Å². The van der Waals surface area contributed by atoms with Gasteiger partial charge in [0.1, 0.15) is 0 Å². The standard InChI is InChI=1S/C22H27BrN2O3/c1-24-12-14-25(15-13-24)11-3-4-17-5-10-20(21(16-17)27-2)28-22(26)18-6-8-19(23)9-7-18/h5-10,16H,3-4,11-15H2,1-2H3. The number of hydrogen-bond acceptors (Lipinski definition) is 5. The molecule has 1 aliphatic heterocycles. The van der Waals surface area contributed by atoms with E-state index in [0.29, 0.717) is 17.1 Å². The molecule has 0 saturated carbocycles. The largest absolute Gasteiger partial charge is 0.493 e. The van der Waals surface area contributed by atoms with Crippen LogP contribution < -0.4 is 9.47 Å². The van der Waals surface area contributed by atoms with Crippen molar-refractivity contribution >= 4 is 21.9 Å². The molecule has 0 bridgehead atoms. The number of methoxy groups -OCH3 is 1. The number of likely N-dealkylation sites (N-methyl/N-ethyl adjacent to an activating group) is 1. The Kier molecular flexibility index (Phi) is 7.48. The molecule has 0 aliphatic carbocycles. The van der Waals surface area contributed by atoms with Gasteiger partial charge < -0.3 is 19.3 Å². The molecule has 2 aromatic carbocycles. The van der Waals surface area contributed by atoms with Crippen LogP contribution >= 0.6 is 15.9 Å². The summed E-state index contributed by atoms with van der Waals surface area (Å²) in [4.78, 5) is 17.2. The number of benzene rings is 2. The highest BCUT2D eigenvalue weighted by Crippen LogP contribution is 2.29. The summed E-state index contributed by atoms with van der Waals surface area (Å²) in [6.45, 7) is 5.69. The van der Waals surface area contributed by atoms with Gasteiger partial charge in [0.2, 0.25) is 0 Å². The summed E-state index contributed by atoms with van der Waals surface area (Å²) in [6.07, 6.45) is 2.08. The number of hydrogen-bond donors (Lipinski definition) is 0. The fourth-order valence-electron chi connectivity index (χ4n) is 3.27. The van der Waals surface area contributed by atoms with Crippen molar-refractivity contribution in [3.63, 3.8) is 0 Å². The molecule has 0 amide bonds. The third-order valence-electron chi connectivity index (χ3n) is 5.05. The molecule has 3 rings (SSSR count). The van der Waals surface area contributed by atoms with Gasteiger partial charge in [0, 0.05) is 30.7 Å². The maximum atomic E-state index is 12.3. The van der Waals surface area contributed by atoms with Crippen molar-refractivity contribution in [1.82, 2.24) is 9.80 Å². The smallest absolute Gasteiger partial charge is 0.343 e. The lowest BCUT2D eigenvalue weighted by molar-refractivity contribution is 0.0729. The fourth-order valence-corrected chi connectivity index (χ4v) is 3.54. The normalized spacial score (nSPS) is 15.4. The lowest BCUT2D eigenvalue weighted by Gasteiger charge is -2.32. The second-order valence-electron chi connectivity index (χ2n) is 7.13. The molecule has 0 radical (unpaired) electrons. The van der Waals surface area contributed by atoms with Gasteiger partial charge in [-0.1, -0.05) is 22.0 Å². The molecule has 28 heavy (non-hydrogen) atoms. The molecule has 6 heteroatoms. The van der Waals surface area contributed by atoms with Crippen LogP contribution in [0.5, 0.6) is 11.5 Å². The minimum atomic E-state index is -0.395. The van der Waals surface area contributed by atoms with Crippen molar-refractivity contribution in [3.05, 3.63) is 58.1 Å². The van der Waals surface area contributed by atoms with Crippen molar-refractivity contribution < 1.29 is 14.3 Å². The fraction of sp³-hybridized carbons (Fsp3) is 0.409. The van der Waals surface area contributed by atoms with E-state index in [0.717, 1.165) is 50.0 Å². The maximum absolute atomic E-state index is 12.3. The Bertz CT molecular complexity index is 787. The topological polar surface area (TPSA) is 42.0 Å². The second kappa shape index (κ2) is 10.0. The number of ether oxygens (including phenoxy) is 2. The quantitative estimate of drug-likeness (QED) is 0.477. The first-order valence-corrected chi connectivity index (χ1v) is 10.4. The zero-order valence-corrected chi connectivity index (χ0v) is 18.1. The summed E-state index contributed by atoms with van der Waals surface area (Å²) < 4.78 is 11.9. The van der Waals surface area contributed by atoms with E-state index < -0.39 is 5.97 Å². The van der Waals surface area contributed by atoms with Crippen LogP contribution in [0.1, 0.15) is 22.3 Å². The average Bonchev–Trinajstić information content (AvgIpc) is 2.71. The number of halogens is 1. The van der Waals surface area contributed by atoms with Crippen molar-refractivity contribution in [2.75, 3.05) is 46.9 Å². The predicted octanol–water partition coefficient (Wildman–Crippen LogP) is 3.86. The van der Waals surface area contributed by atoms with Gasteiger partial charge in [0.15, 0.2) is 11.5 Å². The summed E-state index contributed by atoms with van der Waals surface area (Å²) in [7, 11) is 3.77. The summed E-state index contributed by atoms with van der Waals surface area (Å²) in [5, 5.41) is 0. The molecule has 2 aromatic rings. The van der Waals surface area contributed by atoms with Crippen LogP contribution in [0.25, 0.3) is 0 Å². The highest BCUT2D eigenvalue weighted by Gasteiger charge is 2.15. The van der Waals surface area contributed by atoms with Gasteiger partial charge in [0.25, 0.3) is 0 Å². The Morgan fingerprint density at radius 2 is 1.75 bits per heavy atom. The number of nitrogens with zero attached hydrogens (tertiary/aromatic N) is 2. The molecule has 0 spiro atoms. The molecule has 0 unspecified atom stereocenters. The van der Waals surface area contributed by atoms with Gasteiger partial charge in [-0.3, -0.25) is 0 Å². The van der Waals surface area contributed by atoms with E-state index in [9.17, 15) is 4.79 Å². The van der Waals surface area contributed by atoms with Crippen LogP contribution in [-0.2, 0) is 6.42 Å². The van der Waals surface area contributed by atoms with Crippen LogP contribution in [0.15, 0.2) is 46.9 Å². The Balaban J connectivity index is 1.55. The number of piperazine rings is 1. The lowest BCUT2D eigenvalue weighted by atomic mass is 10.1. The minimum Gasteiger partial charge on any atom is -0.493 e. The molecule has 1 saturated heterocycles. The third-order valence-corrected chi connectivity index (χ3v) is 5.57. The predicted molar refractivity (Wildman–Crippen MR) is 114 cm³/mol. The van der Waals surface area contributed by atoms with E-state index in [1.54, 1.807) is 19.2 Å². The Morgan fingerprint density at radius 1 is 1.04 bits per heavy atom. The van der Waals surface area contributed by atoms with E-state index in [-0.39, 0.29) is 0 Å². The highest BCUT2D eigenvalue weighted by atomic mass is 79.9. The molecule has 1 aliphatic rings. The zero-order valence-electron chi connectivity index (χ0n) is 16.5. The number of rotatable bonds is 7. The zero-order chi connectivity index (χ0) is 19.9. The molecule has 1 heterocycles. The van der Waals surface area contributed by atoms with Gasteiger partial charge in [-0.05, 0) is 68.4 Å². The van der Waals surface area contributed by atoms with Gasteiger partial charge >= 0.3 is 5.97 Å². The molecular formula is C22H27BrN2O3. The summed E-state index contributed by atoms with van der Waals surface area (Å²) in [5.74, 6) is 0.634. The van der Waals surface area contributed by atoms with E-state index >= 15 is 0 Å². The van der Waals surface area contributed by atoms with Crippen molar-refractivity contribution in [2.24, 2.45) is 0 Å². The number of carbonyl (C=O) groups excluding carboxylic acids is 1. The second-order valence-corrected chi connectivity index (χ2v) is 8.05. The van der Waals surface area contributed by atoms with Crippen molar-refractivity contribution in [2.45, 2.75) is 12.8 Å². The van der Waals surface area contributed by atoms with E-state index in [1.165, 1.54) is 5.56 Å². The molecular weight excluding hydrogens is 420 g/mol. The van der Waals surface area contributed by atoms with Gasteiger partial charge in [-0.15, -0.1) is 0 Å². The van der Waals surface area contributed by atoms with E-state index in [4.69, 9.17) is 9.47 Å². The molecule has 0 atom stereocenters. The number of aryl methyl sites for hydroxylation is 1. The van der Waals surface area contributed by atoms with Gasteiger partial charge in [-0.25, -0.2) is 4.79 Å². The summed E-state index contributed by atoms with van der Waals surface area (Å²) in [6, 6.07) is 12.9. The van der Waals surface area contributed by atoms with Gasteiger partial charge in [0.05, 0.1) is 12.7 Å². The average molecular weight is 447 g/mol. The Hall–Kier alpha value is -1.89. The highest BCUT2D eigenvalue weighted by molar-refractivity contribution is 9.10. The Labute approximate surface area is 175 Å². The summed E-state index contributed by atoms with van der Waals surface area (Å²) >= 11 is 3.36. The molecule has 1 fully saturated rings. The lowest BCUT2D eigenvalue weighted by Crippen LogP contribution is -2.44. The van der Waals surface area contributed by atoms with Crippen LogP contribution in [0.4, 0.5) is 0 Å². The van der Waals surface area contributed by atoms with E-state index in [1.807, 2.05) is 30.3 Å². The first-order chi connectivity index (χ1) is 13.5. The number of esters is 1. The molecule has 5 nitrogen and oxygen atoms in total. The van der Waals surface area contributed by atoms with Crippen LogP contribution in [0.3, 0.4) is 0 Å². The maximum Gasteiger partial charge on any atom is 0.343 e. The van der Waals surface area contributed by atoms with Crippen molar-refractivity contribution in [3.8, 4) is 11.5 Å². The van der Waals surface area contributed by atoms with Crippen LogP contribution in [0.2, 0.25) is 0 Å². The molecule has 150 valence electrons. The molecule has 0 aromatic heterocycles. The first kappa shape index (κ1) is 20.8. The van der Waals surface area contributed by atoms with Gasteiger partial charge in [-0.2, -0.15) is 0 Å². The monoisotopic (exact) mass is 446 g/mol. The van der Waals surface area contributed by atoms with E-state index in [2.05, 4.69) is 32.8 Å².